The maximum atomic E-state index is 12.8. The third kappa shape index (κ3) is 4.05. The second-order valence-corrected chi connectivity index (χ2v) is 7.85. The molecular weight excluding hydrogens is 350 g/mol. The lowest BCUT2D eigenvalue weighted by molar-refractivity contribution is -0.384. The lowest BCUT2D eigenvalue weighted by Crippen LogP contribution is -2.36. The number of hydrogen-bond acceptors (Lipinski definition) is 5. The number of amides is 1. The van der Waals surface area contributed by atoms with Crippen molar-refractivity contribution in [1.29, 1.82) is 0 Å². The molecule has 0 aromatic heterocycles. The predicted molar refractivity (Wildman–Crippen MR) is 102 cm³/mol. The molecule has 2 N–H and O–H groups in total. The average molecular weight is 371 g/mol. The van der Waals surface area contributed by atoms with Crippen LogP contribution < -0.4 is 5.73 Å². The van der Waals surface area contributed by atoms with Crippen LogP contribution in [0, 0.1) is 10.1 Å². The highest BCUT2D eigenvalue weighted by Crippen LogP contribution is 2.30. The third-order valence-electron chi connectivity index (χ3n) is 4.61. The van der Waals surface area contributed by atoms with Crippen LogP contribution in [0.4, 0.5) is 5.69 Å². The smallest absolute Gasteiger partial charge is 0.269 e. The molecule has 1 unspecified atom stereocenters. The fourth-order valence-electron chi connectivity index (χ4n) is 3.22. The predicted octanol–water partition coefficient (Wildman–Crippen LogP) is 3.03. The first-order valence-electron chi connectivity index (χ1n) is 8.46. The Morgan fingerprint density at radius 2 is 1.85 bits per heavy atom. The van der Waals surface area contributed by atoms with Crippen molar-refractivity contribution in [2.75, 3.05) is 13.1 Å². The minimum atomic E-state index is -0.432. The minimum Gasteiger partial charge on any atom is -0.339 e. The van der Waals surface area contributed by atoms with Gasteiger partial charge in [0.2, 0.25) is 5.91 Å². The van der Waals surface area contributed by atoms with Crippen molar-refractivity contribution in [3.8, 4) is 0 Å². The van der Waals surface area contributed by atoms with E-state index in [9.17, 15) is 14.9 Å². The van der Waals surface area contributed by atoms with Crippen molar-refractivity contribution in [3.05, 3.63) is 70.3 Å². The first kappa shape index (κ1) is 18.4. The molecule has 0 saturated carbocycles. The van der Waals surface area contributed by atoms with E-state index in [1.165, 1.54) is 23.9 Å². The van der Waals surface area contributed by atoms with Crippen molar-refractivity contribution in [2.24, 2.45) is 5.73 Å². The Kier molecular flexibility index (Phi) is 5.58. The first-order valence-corrected chi connectivity index (χ1v) is 9.34. The first-order chi connectivity index (χ1) is 12.5. The van der Waals surface area contributed by atoms with E-state index in [4.69, 9.17) is 5.73 Å². The van der Waals surface area contributed by atoms with Crippen molar-refractivity contribution >= 4 is 23.4 Å². The van der Waals surface area contributed by atoms with Crippen LogP contribution in [-0.4, -0.2) is 40.1 Å². The van der Waals surface area contributed by atoms with Gasteiger partial charge in [-0.3, -0.25) is 14.9 Å². The average Bonchev–Trinajstić information content (AvgIpc) is 3.04. The van der Waals surface area contributed by atoms with Crippen molar-refractivity contribution in [1.82, 2.24) is 4.90 Å². The molecule has 2 aromatic rings. The molecule has 3 rings (SSSR count). The maximum Gasteiger partial charge on any atom is 0.269 e. The fraction of sp³-hybridized carbons (Fsp3) is 0.316. The van der Waals surface area contributed by atoms with Gasteiger partial charge >= 0.3 is 0 Å². The second-order valence-electron chi connectivity index (χ2n) is 6.44. The summed E-state index contributed by atoms with van der Waals surface area (Å²) in [6.45, 7) is 3.02. The topological polar surface area (TPSA) is 89.5 Å². The van der Waals surface area contributed by atoms with Gasteiger partial charge in [0.25, 0.3) is 5.69 Å². The molecule has 2 aromatic carbocycles. The Morgan fingerprint density at radius 1 is 1.19 bits per heavy atom. The second kappa shape index (κ2) is 7.88. The molecule has 1 amide bonds. The highest BCUT2D eigenvalue weighted by atomic mass is 32.2. The fourth-order valence-corrected chi connectivity index (χ4v) is 4.17. The van der Waals surface area contributed by atoms with E-state index in [0.717, 1.165) is 10.5 Å². The zero-order valence-electron chi connectivity index (χ0n) is 14.4. The molecule has 0 aliphatic carbocycles. The van der Waals surface area contributed by atoms with Gasteiger partial charge in [0.1, 0.15) is 0 Å². The highest BCUT2D eigenvalue weighted by Gasteiger charge is 2.35. The van der Waals surface area contributed by atoms with E-state index < -0.39 is 4.92 Å². The van der Waals surface area contributed by atoms with Gasteiger partial charge in [-0.05, 0) is 24.6 Å². The third-order valence-corrected chi connectivity index (χ3v) is 5.71. The van der Waals surface area contributed by atoms with Crippen molar-refractivity contribution in [3.63, 3.8) is 0 Å². The molecule has 3 atom stereocenters. The molecule has 6 nitrogen and oxygen atoms in total. The number of nitro benzene ring substituents is 1. The van der Waals surface area contributed by atoms with Gasteiger partial charge in [0.15, 0.2) is 0 Å². The van der Waals surface area contributed by atoms with Gasteiger partial charge in [-0.1, -0.05) is 30.3 Å². The number of carbonyl (C=O) groups is 1. The monoisotopic (exact) mass is 371 g/mol. The quantitative estimate of drug-likeness (QED) is 0.496. The number of likely N-dealkylation sites (tertiary alicyclic amines) is 1. The minimum absolute atomic E-state index is 0.0437. The number of non-ortho nitro benzene ring substituents is 1. The maximum absolute atomic E-state index is 12.8. The summed E-state index contributed by atoms with van der Waals surface area (Å²) in [5, 5.41) is 10.4. The van der Waals surface area contributed by atoms with E-state index in [2.05, 4.69) is 0 Å². The number of nitrogens with two attached hydrogens (primary N) is 1. The number of rotatable bonds is 5. The molecular formula is C19H21N3O3S. The van der Waals surface area contributed by atoms with Crippen LogP contribution in [-0.2, 0) is 4.79 Å². The molecule has 1 heterocycles. The summed E-state index contributed by atoms with van der Waals surface area (Å²) in [7, 11) is 0. The summed E-state index contributed by atoms with van der Waals surface area (Å²) in [6, 6.07) is 16.2. The lowest BCUT2D eigenvalue weighted by Gasteiger charge is -2.20. The standard InChI is InChI=1S/C19H21N3O3S/c1-13(26-16-9-7-15(8-10-16)22(24)25)19(23)21-11-17(18(20)12-21)14-5-3-2-4-6-14/h2-10,13,17-18H,11-12,20H2,1H3/t13?,17-,18+/m0/s1. The van der Waals surface area contributed by atoms with E-state index in [1.54, 1.807) is 12.1 Å². The zero-order chi connectivity index (χ0) is 18.7. The zero-order valence-corrected chi connectivity index (χ0v) is 15.3. The number of thioether (sulfide) groups is 1. The normalized spacial score (nSPS) is 20.8. The van der Waals surface area contributed by atoms with Crippen LogP contribution in [0.15, 0.2) is 59.5 Å². The van der Waals surface area contributed by atoms with Gasteiger partial charge in [-0.2, -0.15) is 0 Å². The lowest BCUT2D eigenvalue weighted by atomic mass is 9.95. The highest BCUT2D eigenvalue weighted by molar-refractivity contribution is 8.00. The molecule has 26 heavy (non-hydrogen) atoms. The Morgan fingerprint density at radius 3 is 2.46 bits per heavy atom. The van der Waals surface area contributed by atoms with Crippen LogP contribution in [0.1, 0.15) is 18.4 Å². The molecule has 1 aliphatic heterocycles. The summed E-state index contributed by atoms with van der Waals surface area (Å²) in [4.78, 5) is 25.7. The molecule has 1 fully saturated rings. The van der Waals surface area contributed by atoms with E-state index in [1.807, 2.05) is 42.2 Å². The molecule has 1 aliphatic rings. The Bertz CT molecular complexity index is 782. The summed E-state index contributed by atoms with van der Waals surface area (Å²) in [5.41, 5.74) is 7.48. The molecule has 1 saturated heterocycles. The number of benzene rings is 2. The Balaban J connectivity index is 1.62. The van der Waals surface area contributed by atoms with Gasteiger partial charge in [0, 0.05) is 42.1 Å². The van der Waals surface area contributed by atoms with Crippen LogP contribution in [0.25, 0.3) is 0 Å². The Hall–Kier alpha value is -2.38. The molecule has 7 heteroatoms. The molecule has 0 bridgehead atoms. The SMILES string of the molecule is CC(Sc1ccc([N+](=O)[O-])cc1)C(=O)N1C[C@@H](N)[C@H](c2ccccc2)C1. The van der Waals surface area contributed by atoms with Crippen molar-refractivity contribution < 1.29 is 9.72 Å². The summed E-state index contributed by atoms with van der Waals surface area (Å²) >= 11 is 1.40. The van der Waals surface area contributed by atoms with E-state index in [0.29, 0.717) is 13.1 Å². The molecule has 0 spiro atoms. The Labute approximate surface area is 156 Å². The molecule has 136 valence electrons. The molecule has 0 radical (unpaired) electrons. The number of hydrogen-bond donors (Lipinski definition) is 1. The summed E-state index contributed by atoms with van der Waals surface area (Å²) in [5.74, 6) is 0.193. The van der Waals surface area contributed by atoms with Crippen LogP contribution in [0.5, 0.6) is 0 Å². The van der Waals surface area contributed by atoms with Gasteiger partial charge in [-0.25, -0.2) is 0 Å². The van der Waals surface area contributed by atoms with Gasteiger partial charge < -0.3 is 10.6 Å². The summed E-state index contributed by atoms with van der Waals surface area (Å²) < 4.78 is 0. The van der Waals surface area contributed by atoms with Gasteiger partial charge in [-0.15, -0.1) is 11.8 Å². The number of nitrogens with zero attached hydrogens (tertiary/aromatic N) is 2. The van der Waals surface area contributed by atoms with E-state index in [-0.39, 0.29) is 28.8 Å². The van der Waals surface area contributed by atoms with Gasteiger partial charge in [0.05, 0.1) is 10.2 Å². The van der Waals surface area contributed by atoms with Crippen LogP contribution in [0.3, 0.4) is 0 Å². The van der Waals surface area contributed by atoms with Crippen molar-refractivity contribution in [2.45, 2.75) is 29.0 Å². The largest absolute Gasteiger partial charge is 0.339 e. The van der Waals surface area contributed by atoms with Crippen LogP contribution in [0.2, 0.25) is 0 Å². The van der Waals surface area contributed by atoms with E-state index >= 15 is 0 Å². The number of carbonyl (C=O) groups excluding carboxylic acids is 1. The summed E-state index contributed by atoms with van der Waals surface area (Å²) in [6.07, 6.45) is 0. The van der Waals surface area contributed by atoms with Crippen LogP contribution >= 0.6 is 11.8 Å². The number of nitro groups is 1.